The molecule has 10 heteroatoms. The highest BCUT2D eigenvalue weighted by molar-refractivity contribution is 7.89. The van der Waals surface area contributed by atoms with Crippen LogP contribution in [0.25, 0.3) is 16.7 Å². The molecule has 0 unspecified atom stereocenters. The third-order valence-electron chi connectivity index (χ3n) is 4.90. The summed E-state index contributed by atoms with van der Waals surface area (Å²) in [6.45, 7) is 1.46. The van der Waals surface area contributed by atoms with Gasteiger partial charge in [0, 0.05) is 16.8 Å². The highest BCUT2D eigenvalue weighted by Crippen LogP contribution is 2.28. The van der Waals surface area contributed by atoms with E-state index in [-0.39, 0.29) is 16.3 Å². The third kappa shape index (κ3) is 5.43. The number of rotatable bonds is 6. The Morgan fingerprint density at radius 3 is 2.12 bits per heavy atom. The van der Waals surface area contributed by atoms with Gasteiger partial charge >= 0.3 is 0 Å². The van der Waals surface area contributed by atoms with E-state index < -0.39 is 21.8 Å². The molecule has 0 bridgehead atoms. The van der Waals surface area contributed by atoms with Crippen LogP contribution < -0.4 is 16.2 Å². The Morgan fingerprint density at radius 2 is 1.55 bits per heavy atom. The minimum atomic E-state index is -3.92. The number of primary sulfonamides is 1. The predicted octanol–water partition coefficient (Wildman–Crippen LogP) is 3.43. The fourth-order valence-corrected chi connectivity index (χ4v) is 3.88. The number of benzene rings is 3. The van der Waals surface area contributed by atoms with Gasteiger partial charge in [0.05, 0.1) is 4.90 Å². The minimum absolute atomic E-state index is 0.0237. The number of sulfonamides is 1. The SMILES string of the molecule is C/C(=C(/F)C(=O)Nc1ccc(-c2ccccc2S(N)(=O)=O)cc1)c1ccc(/C(N)=N/O)cc1. The van der Waals surface area contributed by atoms with Gasteiger partial charge in [0.1, 0.15) is 0 Å². The van der Waals surface area contributed by atoms with Crippen molar-refractivity contribution in [1.82, 2.24) is 0 Å². The molecule has 0 atom stereocenters. The molecule has 170 valence electrons. The number of halogens is 1. The van der Waals surface area contributed by atoms with Gasteiger partial charge in [-0.2, -0.15) is 0 Å². The highest BCUT2D eigenvalue weighted by Gasteiger charge is 2.16. The van der Waals surface area contributed by atoms with Crippen LogP contribution in [0.15, 0.2) is 88.7 Å². The maximum absolute atomic E-state index is 14.7. The summed E-state index contributed by atoms with van der Waals surface area (Å²) in [4.78, 5) is 12.4. The minimum Gasteiger partial charge on any atom is -0.409 e. The van der Waals surface area contributed by atoms with Gasteiger partial charge in [-0.05, 0) is 41.8 Å². The highest BCUT2D eigenvalue weighted by atomic mass is 32.2. The summed E-state index contributed by atoms with van der Waals surface area (Å²) >= 11 is 0. The molecule has 0 spiro atoms. The monoisotopic (exact) mass is 468 g/mol. The summed E-state index contributed by atoms with van der Waals surface area (Å²) < 4.78 is 38.3. The molecule has 3 aromatic carbocycles. The van der Waals surface area contributed by atoms with Crippen molar-refractivity contribution in [3.8, 4) is 11.1 Å². The van der Waals surface area contributed by atoms with Crippen molar-refractivity contribution in [3.63, 3.8) is 0 Å². The number of carbonyl (C=O) groups excluding carboxylic acids is 1. The van der Waals surface area contributed by atoms with E-state index in [0.717, 1.165) is 0 Å². The Morgan fingerprint density at radius 1 is 0.970 bits per heavy atom. The lowest BCUT2D eigenvalue weighted by atomic mass is 10.0. The zero-order chi connectivity index (χ0) is 24.2. The molecule has 3 rings (SSSR count). The van der Waals surface area contributed by atoms with Crippen molar-refractivity contribution in [2.45, 2.75) is 11.8 Å². The number of nitrogens with zero attached hydrogens (tertiary/aromatic N) is 1. The summed E-state index contributed by atoms with van der Waals surface area (Å²) in [6, 6.07) is 18.7. The number of allylic oxidation sites excluding steroid dienone is 1. The van der Waals surface area contributed by atoms with Crippen molar-refractivity contribution >= 4 is 33.0 Å². The molecule has 33 heavy (non-hydrogen) atoms. The fraction of sp³-hybridized carbons (Fsp3) is 0.0435. The summed E-state index contributed by atoms with van der Waals surface area (Å²) in [5.74, 6) is -2.00. The van der Waals surface area contributed by atoms with E-state index in [0.29, 0.717) is 27.9 Å². The number of hydrogen-bond acceptors (Lipinski definition) is 5. The van der Waals surface area contributed by atoms with Crippen LogP contribution in [0, 0.1) is 0 Å². The van der Waals surface area contributed by atoms with Crippen LogP contribution in [0.3, 0.4) is 0 Å². The topological polar surface area (TPSA) is 148 Å². The largest absolute Gasteiger partial charge is 0.409 e. The van der Waals surface area contributed by atoms with Crippen LogP contribution in [0.1, 0.15) is 18.1 Å². The van der Waals surface area contributed by atoms with Crippen LogP contribution in [0.4, 0.5) is 10.1 Å². The van der Waals surface area contributed by atoms with E-state index >= 15 is 0 Å². The molecule has 0 aliphatic rings. The maximum atomic E-state index is 14.7. The smallest absolute Gasteiger partial charge is 0.284 e. The van der Waals surface area contributed by atoms with E-state index in [4.69, 9.17) is 16.1 Å². The quantitative estimate of drug-likeness (QED) is 0.144. The van der Waals surface area contributed by atoms with E-state index in [1.165, 1.54) is 37.3 Å². The summed E-state index contributed by atoms with van der Waals surface area (Å²) in [5, 5.41) is 19.3. The maximum Gasteiger partial charge on any atom is 0.284 e. The molecule has 0 heterocycles. The van der Waals surface area contributed by atoms with Gasteiger partial charge in [-0.15, -0.1) is 0 Å². The van der Waals surface area contributed by atoms with Gasteiger partial charge in [-0.3, -0.25) is 4.79 Å². The average molecular weight is 469 g/mol. The van der Waals surface area contributed by atoms with E-state index in [9.17, 15) is 17.6 Å². The normalized spacial score (nSPS) is 12.8. The van der Waals surface area contributed by atoms with Crippen molar-refractivity contribution in [1.29, 1.82) is 0 Å². The Kier molecular flexibility index (Phi) is 6.90. The Bertz CT molecular complexity index is 1350. The zero-order valence-corrected chi connectivity index (χ0v) is 18.3. The van der Waals surface area contributed by atoms with E-state index in [2.05, 4.69) is 10.5 Å². The second-order valence-corrected chi connectivity index (χ2v) is 8.60. The van der Waals surface area contributed by atoms with Crippen LogP contribution >= 0.6 is 0 Å². The molecule has 0 saturated carbocycles. The number of amidine groups is 1. The first kappa shape index (κ1) is 23.6. The van der Waals surface area contributed by atoms with Gasteiger partial charge in [0.25, 0.3) is 5.91 Å². The van der Waals surface area contributed by atoms with Crippen molar-refractivity contribution < 1.29 is 22.8 Å². The van der Waals surface area contributed by atoms with Gasteiger partial charge in [-0.1, -0.05) is 59.8 Å². The first-order valence-corrected chi connectivity index (χ1v) is 11.1. The van der Waals surface area contributed by atoms with Gasteiger partial charge in [0.2, 0.25) is 10.0 Å². The standard InChI is InChI=1S/C23H21FN4O4S/c1-14(15-6-8-17(9-7-15)22(25)28-30)21(24)23(29)27-18-12-10-16(11-13-18)19-4-2-3-5-20(19)33(26,31)32/h2-13,30H,1H3,(H2,25,28)(H,27,29)(H2,26,31,32)/b21-14-. The average Bonchev–Trinajstić information content (AvgIpc) is 2.82. The zero-order valence-electron chi connectivity index (χ0n) is 17.5. The number of amides is 1. The lowest BCUT2D eigenvalue weighted by molar-refractivity contribution is -0.114. The predicted molar refractivity (Wildman–Crippen MR) is 125 cm³/mol. The number of nitrogens with two attached hydrogens (primary N) is 2. The van der Waals surface area contributed by atoms with Crippen molar-refractivity contribution in [2.75, 3.05) is 5.32 Å². The molecule has 3 aromatic rings. The molecular formula is C23H21FN4O4S. The summed E-state index contributed by atoms with van der Waals surface area (Å²) in [7, 11) is -3.92. The molecule has 0 fully saturated rings. The molecule has 0 aliphatic carbocycles. The van der Waals surface area contributed by atoms with Gasteiger partial charge < -0.3 is 16.3 Å². The number of oxime groups is 1. The molecule has 0 saturated heterocycles. The van der Waals surface area contributed by atoms with E-state index in [1.807, 2.05) is 0 Å². The van der Waals surface area contributed by atoms with Gasteiger partial charge in [-0.25, -0.2) is 17.9 Å². The molecule has 8 nitrogen and oxygen atoms in total. The molecule has 6 N–H and O–H groups in total. The molecule has 0 radical (unpaired) electrons. The lowest BCUT2D eigenvalue weighted by Gasteiger charge is -2.10. The van der Waals surface area contributed by atoms with E-state index in [1.54, 1.807) is 42.5 Å². The second kappa shape index (κ2) is 9.63. The number of hydrogen-bond donors (Lipinski definition) is 4. The van der Waals surface area contributed by atoms with Crippen LogP contribution in [0.5, 0.6) is 0 Å². The number of carbonyl (C=O) groups is 1. The third-order valence-corrected chi connectivity index (χ3v) is 5.87. The van der Waals surface area contributed by atoms with Crippen molar-refractivity contribution in [2.24, 2.45) is 16.0 Å². The number of anilines is 1. The number of nitrogens with one attached hydrogen (secondary N) is 1. The molecule has 1 amide bonds. The molecule has 0 aromatic heterocycles. The Hall–Kier alpha value is -4.02. The van der Waals surface area contributed by atoms with Gasteiger partial charge in [0.15, 0.2) is 11.7 Å². The van der Waals surface area contributed by atoms with Crippen molar-refractivity contribution in [3.05, 3.63) is 89.8 Å². The lowest BCUT2D eigenvalue weighted by Crippen LogP contribution is -2.14. The summed E-state index contributed by atoms with van der Waals surface area (Å²) in [6.07, 6.45) is 0. The van der Waals surface area contributed by atoms with Crippen LogP contribution in [-0.4, -0.2) is 25.4 Å². The van der Waals surface area contributed by atoms with Crippen LogP contribution in [-0.2, 0) is 14.8 Å². The first-order valence-electron chi connectivity index (χ1n) is 9.60. The summed E-state index contributed by atoms with van der Waals surface area (Å²) in [5.41, 5.74) is 7.81. The Labute approximate surface area is 190 Å². The second-order valence-electron chi connectivity index (χ2n) is 7.07. The molecule has 0 aliphatic heterocycles. The Balaban J connectivity index is 1.80. The van der Waals surface area contributed by atoms with Crippen LogP contribution in [0.2, 0.25) is 0 Å². The fourth-order valence-electron chi connectivity index (χ4n) is 3.12. The first-order chi connectivity index (χ1) is 15.6. The molecular weight excluding hydrogens is 447 g/mol.